The molecule has 1 atom stereocenters. The standard InChI is InChI=1S/C11H8Cl2F3N3O2/c1-10(11(14,15)16)8(20)19(9(21)18-10)4-5-3-17-7(13)2-6(5)12/h2-3H,4H2,1H3,(H,18,21). The predicted molar refractivity (Wildman–Crippen MR) is 67.8 cm³/mol. The van der Waals surface area contributed by atoms with Crippen LogP contribution in [-0.2, 0) is 11.3 Å². The zero-order valence-corrected chi connectivity index (χ0v) is 12.0. The molecule has 2 heterocycles. The fourth-order valence-corrected chi connectivity index (χ4v) is 2.18. The fraction of sp³-hybridized carbons (Fsp3) is 0.364. The maximum absolute atomic E-state index is 12.9. The minimum absolute atomic E-state index is 0.0843. The number of carbonyl (C=O) groups is 2. The van der Waals surface area contributed by atoms with E-state index >= 15 is 0 Å². The van der Waals surface area contributed by atoms with Crippen LogP contribution < -0.4 is 5.32 Å². The lowest BCUT2D eigenvalue weighted by atomic mass is 10.0. The molecule has 0 radical (unpaired) electrons. The third kappa shape index (κ3) is 2.65. The quantitative estimate of drug-likeness (QED) is 0.664. The van der Waals surface area contributed by atoms with Crippen LogP contribution in [0.2, 0.25) is 10.2 Å². The summed E-state index contributed by atoms with van der Waals surface area (Å²) < 4.78 is 38.7. The number of halogens is 5. The van der Waals surface area contributed by atoms with E-state index in [-0.39, 0.29) is 15.7 Å². The Morgan fingerprint density at radius 2 is 2.00 bits per heavy atom. The van der Waals surface area contributed by atoms with Gasteiger partial charge in [0.2, 0.25) is 5.54 Å². The molecule has 10 heteroatoms. The highest BCUT2D eigenvalue weighted by atomic mass is 35.5. The van der Waals surface area contributed by atoms with Crippen LogP contribution in [0.1, 0.15) is 12.5 Å². The van der Waals surface area contributed by atoms with Crippen LogP contribution in [0, 0.1) is 0 Å². The minimum atomic E-state index is -4.91. The monoisotopic (exact) mass is 341 g/mol. The van der Waals surface area contributed by atoms with Crippen molar-refractivity contribution in [3.8, 4) is 0 Å². The van der Waals surface area contributed by atoms with E-state index in [1.165, 1.54) is 12.3 Å². The van der Waals surface area contributed by atoms with E-state index in [0.29, 0.717) is 11.8 Å². The van der Waals surface area contributed by atoms with Crippen LogP contribution in [0.25, 0.3) is 0 Å². The number of nitrogens with zero attached hydrogens (tertiary/aromatic N) is 2. The highest BCUT2D eigenvalue weighted by molar-refractivity contribution is 6.34. The van der Waals surface area contributed by atoms with Crippen LogP contribution in [0.4, 0.5) is 18.0 Å². The molecule has 2 rings (SSSR count). The average molecular weight is 342 g/mol. The normalized spacial score (nSPS) is 22.7. The van der Waals surface area contributed by atoms with Gasteiger partial charge < -0.3 is 5.32 Å². The van der Waals surface area contributed by atoms with E-state index in [4.69, 9.17) is 23.2 Å². The molecule has 1 fully saturated rings. The van der Waals surface area contributed by atoms with E-state index in [2.05, 4.69) is 4.98 Å². The summed E-state index contributed by atoms with van der Waals surface area (Å²) in [6.07, 6.45) is -3.72. The predicted octanol–water partition coefficient (Wildman–Crippen LogP) is 2.76. The Morgan fingerprint density at radius 1 is 1.38 bits per heavy atom. The molecular formula is C11H8Cl2F3N3O2. The molecular weight excluding hydrogens is 334 g/mol. The van der Waals surface area contributed by atoms with Gasteiger partial charge in [-0.1, -0.05) is 23.2 Å². The summed E-state index contributed by atoms with van der Waals surface area (Å²) in [6.45, 7) is 0.175. The zero-order chi connectivity index (χ0) is 16.0. The summed E-state index contributed by atoms with van der Waals surface area (Å²) in [5, 5.41) is 1.82. The number of amides is 3. The Bertz CT molecular complexity index is 623. The van der Waals surface area contributed by atoms with Gasteiger partial charge in [-0.05, 0) is 13.0 Å². The summed E-state index contributed by atoms with van der Waals surface area (Å²) in [5.74, 6) is -1.40. The van der Waals surface area contributed by atoms with E-state index in [0.717, 1.165) is 0 Å². The molecule has 1 aliphatic rings. The number of alkyl halides is 3. The molecule has 1 aliphatic heterocycles. The first-order valence-electron chi connectivity index (χ1n) is 5.57. The minimum Gasteiger partial charge on any atom is -0.316 e. The molecule has 0 aromatic carbocycles. The zero-order valence-electron chi connectivity index (χ0n) is 10.5. The van der Waals surface area contributed by atoms with Crippen molar-refractivity contribution in [2.24, 2.45) is 0 Å². The molecule has 1 unspecified atom stereocenters. The van der Waals surface area contributed by atoms with Crippen molar-refractivity contribution in [2.45, 2.75) is 25.2 Å². The number of urea groups is 1. The first-order chi connectivity index (χ1) is 9.56. The number of nitrogens with one attached hydrogen (secondary N) is 1. The first kappa shape index (κ1) is 15.8. The number of rotatable bonds is 2. The number of hydrogen-bond donors (Lipinski definition) is 1. The molecule has 1 N–H and O–H groups in total. The molecule has 114 valence electrons. The van der Waals surface area contributed by atoms with Crippen LogP contribution in [0.3, 0.4) is 0 Å². The van der Waals surface area contributed by atoms with Gasteiger partial charge in [-0.3, -0.25) is 9.69 Å². The lowest BCUT2D eigenvalue weighted by Crippen LogP contribution is -2.56. The third-order valence-electron chi connectivity index (χ3n) is 3.07. The van der Waals surface area contributed by atoms with Gasteiger partial charge in [0.05, 0.1) is 11.6 Å². The van der Waals surface area contributed by atoms with Gasteiger partial charge in [0.1, 0.15) is 5.15 Å². The van der Waals surface area contributed by atoms with Crippen LogP contribution in [0.15, 0.2) is 12.3 Å². The van der Waals surface area contributed by atoms with Crippen molar-refractivity contribution in [3.63, 3.8) is 0 Å². The number of hydrogen-bond acceptors (Lipinski definition) is 3. The summed E-state index contributed by atoms with van der Waals surface area (Å²) >= 11 is 11.4. The maximum atomic E-state index is 12.9. The highest BCUT2D eigenvalue weighted by Gasteiger charge is 2.64. The second-order valence-electron chi connectivity index (χ2n) is 4.54. The van der Waals surface area contributed by atoms with Crippen molar-refractivity contribution in [1.82, 2.24) is 15.2 Å². The lowest BCUT2D eigenvalue weighted by Gasteiger charge is -2.24. The fourth-order valence-electron chi connectivity index (χ4n) is 1.76. The van der Waals surface area contributed by atoms with Crippen LogP contribution in [-0.4, -0.2) is 33.5 Å². The second kappa shape index (κ2) is 5.03. The first-order valence-corrected chi connectivity index (χ1v) is 6.32. The summed E-state index contributed by atoms with van der Waals surface area (Å²) in [5.41, 5.74) is -2.74. The van der Waals surface area contributed by atoms with Crippen molar-refractivity contribution in [3.05, 3.63) is 28.0 Å². The molecule has 1 saturated heterocycles. The Kier molecular flexibility index (Phi) is 3.79. The summed E-state index contributed by atoms with van der Waals surface area (Å²) in [7, 11) is 0. The van der Waals surface area contributed by atoms with Gasteiger partial charge >= 0.3 is 12.2 Å². The lowest BCUT2D eigenvalue weighted by molar-refractivity contribution is -0.191. The SMILES string of the molecule is CC1(C(F)(F)F)NC(=O)N(Cc2cnc(Cl)cc2Cl)C1=O. The third-order valence-corrected chi connectivity index (χ3v) is 3.63. The topological polar surface area (TPSA) is 62.3 Å². The van der Waals surface area contributed by atoms with E-state index in [1.807, 2.05) is 0 Å². The van der Waals surface area contributed by atoms with E-state index in [1.54, 1.807) is 5.32 Å². The summed E-state index contributed by atoms with van der Waals surface area (Å²) in [6, 6.07) is 0.116. The smallest absolute Gasteiger partial charge is 0.316 e. The van der Waals surface area contributed by atoms with E-state index in [9.17, 15) is 22.8 Å². The molecule has 0 saturated carbocycles. The van der Waals surface area contributed by atoms with E-state index < -0.39 is 30.2 Å². The Morgan fingerprint density at radius 3 is 2.48 bits per heavy atom. The highest BCUT2D eigenvalue weighted by Crippen LogP contribution is 2.36. The van der Waals surface area contributed by atoms with Crippen molar-refractivity contribution >= 4 is 35.1 Å². The van der Waals surface area contributed by atoms with Crippen molar-refractivity contribution < 1.29 is 22.8 Å². The average Bonchev–Trinajstić information content (AvgIpc) is 2.56. The van der Waals surface area contributed by atoms with Gasteiger partial charge in [0.25, 0.3) is 5.91 Å². The number of carbonyl (C=O) groups excluding carboxylic acids is 2. The summed E-state index contributed by atoms with van der Waals surface area (Å²) in [4.78, 5) is 27.7. The number of pyridine rings is 1. The van der Waals surface area contributed by atoms with Crippen LogP contribution in [0.5, 0.6) is 0 Å². The van der Waals surface area contributed by atoms with Gasteiger partial charge in [-0.15, -0.1) is 0 Å². The molecule has 0 bridgehead atoms. The Balaban J connectivity index is 2.30. The van der Waals surface area contributed by atoms with Crippen molar-refractivity contribution in [1.29, 1.82) is 0 Å². The Hall–Kier alpha value is -1.54. The molecule has 21 heavy (non-hydrogen) atoms. The second-order valence-corrected chi connectivity index (χ2v) is 5.34. The number of imide groups is 1. The molecule has 1 aromatic rings. The molecule has 3 amide bonds. The van der Waals surface area contributed by atoms with Gasteiger partial charge in [0, 0.05) is 11.8 Å². The molecule has 1 aromatic heterocycles. The van der Waals surface area contributed by atoms with Crippen LogP contribution >= 0.6 is 23.2 Å². The molecule has 5 nitrogen and oxygen atoms in total. The van der Waals surface area contributed by atoms with Gasteiger partial charge in [-0.25, -0.2) is 9.78 Å². The van der Waals surface area contributed by atoms with Gasteiger partial charge in [-0.2, -0.15) is 13.2 Å². The maximum Gasteiger partial charge on any atom is 0.420 e. The largest absolute Gasteiger partial charge is 0.420 e. The molecule has 0 aliphatic carbocycles. The molecule has 0 spiro atoms. The number of aromatic nitrogens is 1. The van der Waals surface area contributed by atoms with Gasteiger partial charge in [0.15, 0.2) is 0 Å². The van der Waals surface area contributed by atoms with Crippen molar-refractivity contribution in [2.75, 3.05) is 0 Å². The Labute approximate surface area is 127 Å².